The molecule has 2 aliphatic rings. The number of halogens is 1. The molecular weight excluding hydrogens is 290 g/mol. The minimum Gasteiger partial charge on any atom is -0.347 e. The monoisotopic (exact) mass is 313 g/mol. The van der Waals surface area contributed by atoms with Gasteiger partial charge < -0.3 is 9.47 Å². The molecule has 5 nitrogen and oxygen atoms in total. The molecule has 0 amide bonds. The van der Waals surface area contributed by atoms with E-state index in [0.717, 1.165) is 75.1 Å². The summed E-state index contributed by atoms with van der Waals surface area (Å²) < 4.78 is 13.6. The zero-order valence-corrected chi connectivity index (χ0v) is 13.7. The van der Waals surface area contributed by atoms with Gasteiger partial charge in [0.05, 0.1) is 29.6 Å². The summed E-state index contributed by atoms with van der Waals surface area (Å²) in [6.45, 7) is 9.34. The van der Waals surface area contributed by atoms with Crippen molar-refractivity contribution in [2.24, 2.45) is 0 Å². The number of nitrogens with zero attached hydrogens (tertiary/aromatic N) is 3. The van der Waals surface area contributed by atoms with Gasteiger partial charge in [-0.15, -0.1) is 0 Å². The molecule has 118 valence electrons. The summed E-state index contributed by atoms with van der Waals surface area (Å²) in [4.78, 5) is 2.42. The van der Waals surface area contributed by atoms with Crippen LogP contribution in [0.5, 0.6) is 0 Å². The standard InChI is InChI=1S/C15H24ClN3O2/c1-3-12-14(16)13(19(4-2)17-12)11-18-7-5-15(6-8-18)20-9-10-21-15/h3-11H2,1-2H3. The largest absolute Gasteiger partial charge is 0.347 e. The Morgan fingerprint density at radius 3 is 2.43 bits per heavy atom. The van der Waals surface area contributed by atoms with Crippen LogP contribution in [0.25, 0.3) is 0 Å². The zero-order chi connectivity index (χ0) is 14.9. The predicted octanol–water partition coefficient (Wildman–Crippen LogP) is 2.46. The first-order chi connectivity index (χ1) is 10.2. The van der Waals surface area contributed by atoms with Crippen LogP contribution in [0, 0.1) is 0 Å². The van der Waals surface area contributed by atoms with E-state index in [9.17, 15) is 0 Å². The Bertz CT molecular complexity index is 487. The number of likely N-dealkylation sites (tertiary alicyclic amines) is 1. The SMILES string of the molecule is CCc1nn(CC)c(CN2CCC3(CC2)OCCO3)c1Cl. The van der Waals surface area contributed by atoms with Gasteiger partial charge in [0.1, 0.15) is 0 Å². The fourth-order valence-corrected chi connectivity index (χ4v) is 3.55. The molecule has 2 fully saturated rings. The number of rotatable bonds is 4. The lowest BCUT2D eigenvalue weighted by atomic mass is 10.0. The maximum absolute atomic E-state index is 6.49. The highest BCUT2D eigenvalue weighted by Crippen LogP contribution is 2.32. The Morgan fingerprint density at radius 1 is 1.19 bits per heavy atom. The Hall–Kier alpha value is -0.620. The van der Waals surface area contributed by atoms with Crippen molar-refractivity contribution < 1.29 is 9.47 Å². The third-order valence-electron chi connectivity index (χ3n) is 4.50. The van der Waals surface area contributed by atoms with Gasteiger partial charge in [0.25, 0.3) is 0 Å². The average molecular weight is 314 g/mol. The maximum Gasteiger partial charge on any atom is 0.170 e. The van der Waals surface area contributed by atoms with E-state index >= 15 is 0 Å². The number of ether oxygens (including phenoxy) is 2. The molecule has 3 heterocycles. The van der Waals surface area contributed by atoms with Crippen LogP contribution in [-0.2, 0) is 29.0 Å². The number of aryl methyl sites for hydroxylation is 2. The molecule has 3 rings (SSSR count). The van der Waals surface area contributed by atoms with Crippen LogP contribution in [0.3, 0.4) is 0 Å². The van der Waals surface area contributed by atoms with Crippen LogP contribution in [0.15, 0.2) is 0 Å². The molecule has 0 saturated carbocycles. The second kappa shape index (κ2) is 6.24. The first kappa shape index (κ1) is 15.3. The highest BCUT2D eigenvalue weighted by molar-refractivity contribution is 6.31. The van der Waals surface area contributed by atoms with Crippen molar-refractivity contribution in [2.45, 2.75) is 52.0 Å². The molecule has 0 radical (unpaired) electrons. The fourth-order valence-electron chi connectivity index (χ4n) is 3.22. The van der Waals surface area contributed by atoms with Crippen molar-refractivity contribution in [3.05, 3.63) is 16.4 Å². The van der Waals surface area contributed by atoms with E-state index < -0.39 is 0 Å². The molecule has 0 unspecified atom stereocenters. The molecule has 1 aromatic rings. The van der Waals surface area contributed by atoms with E-state index in [-0.39, 0.29) is 5.79 Å². The van der Waals surface area contributed by atoms with E-state index in [2.05, 4.69) is 23.8 Å². The summed E-state index contributed by atoms with van der Waals surface area (Å²) in [5.41, 5.74) is 2.14. The summed E-state index contributed by atoms with van der Waals surface area (Å²) in [5, 5.41) is 5.43. The molecule has 0 N–H and O–H groups in total. The number of hydrogen-bond donors (Lipinski definition) is 0. The van der Waals surface area contributed by atoms with Gasteiger partial charge in [-0.05, 0) is 13.3 Å². The summed E-state index contributed by atoms with van der Waals surface area (Å²) in [7, 11) is 0. The van der Waals surface area contributed by atoms with E-state index in [1.54, 1.807) is 0 Å². The third-order valence-corrected chi connectivity index (χ3v) is 4.94. The van der Waals surface area contributed by atoms with Crippen LogP contribution >= 0.6 is 11.6 Å². The Balaban J connectivity index is 1.66. The van der Waals surface area contributed by atoms with Crippen LogP contribution in [0.2, 0.25) is 5.02 Å². The lowest BCUT2D eigenvalue weighted by molar-refractivity contribution is -0.185. The van der Waals surface area contributed by atoms with Crippen molar-refractivity contribution in [3.8, 4) is 0 Å². The zero-order valence-electron chi connectivity index (χ0n) is 12.9. The quantitative estimate of drug-likeness (QED) is 0.856. The van der Waals surface area contributed by atoms with E-state index in [4.69, 9.17) is 21.1 Å². The van der Waals surface area contributed by atoms with Gasteiger partial charge in [-0.3, -0.25) is 9.58 Å². The second-order valence-corrected chi connectivity index (χ2v) is 6.14. The minimum atomic E-state index is -0.306. The molecule has 0 aromatic carbocycles. The maximum atomic E-state index is 6.49. The van der Waals surface area contributed by atoms with Crippen molar-refractivity contribution in [2.75, 3.05) is 26.3 Å². The first-order valence-electron chi connectivity index (χ1n) is 7.92. The molecule has 0 aliphatic carbocycles. The normalized spacial score (nSPS) is 22.2. The van der Waals surface area contributed by atoms with E-state index in [1.165, 1.54) is 0 Å². The number of piperidine rings is 1. The summed E-state index contributed by atoms with van der Waals surface area (Å²) >= 11 is 6.49. The lowest BCUT2D eigenvalue weighted by Crippen LogP contribution is -2.44. The topological polar surface area (TPSA) is 39.5 Å². The van der Waals surface area contributed by atoms with Gasteiger partial charge in [0.15, 0.2) is 5.79 Å². The second-order valence-electron chi connectivity index (χ2n) is 5.76. The molecule has 6 heteroatoms. The van der Waals surface area contributed by atoms with E-state index in [0.29, 0.717) is 0 Å². The Morgan fingerprint density at radius 2 is 1.86 bits per heavy atom. The minimum absolute atomic E-state index is 0.306. The van der Waals surface area contributed by atoms with Crippen LogP contribution in [0.4, 0.5) is 0 Å². The Labute approximate surface area is 131 Å². The molecule has 0 bridgehead atoms. The molecule has 1 spiro atoms. The predicted molar refractivity (Wildman–Crippen MR) is 81.4 cm³/mol. The lowest BCUT2D eigenvalue weighted by Gasteiger charge is -2.37. The van der Waals surface area contributed by atoms with E-state index in [1.807, 2.05) is 4.68 Å². The van der Waals surface area contributed by atoms with Crippen molar-refractivity contribution in [3.63, 3.8) is 0 Å². The third kappa shape index (κ3) is 2.97. The summed E-state index contributed by atoms with van der Waals surface area (Å²) in [6.07, 6.45) is 2.75. The number of hydrogen-bond acceptors (Lipinski definition) is 4. The molecule has 2 saturated heterocycles. The fraction of sp³-hybridized carbons (Fsp3) is 0.800. The molecule has 21 heavy (non-hydrogen) atoms. The average Bonchev–Trinajstić information content (AvgIpc) is 3.08. The van der Waals surface area contributed by atoms with Crippen molar-refractivity contribution in [1.29, 1.82) is 0 Å². The van der Waals surface area contributed by atoms with Crippen LogP contribution in [0.1, 0.15) is 38.1 Å². The van der Waals surface area contributed by atoms with Gasteiger partial charge in [-0.1, -0.05) is 18.5 Å². The van der Waals surface area contributed by atoms with Gasteiger partial charge >= 0.3 is 0 Å². The van der Waals surface area contributed by atoms with Crippen molar-refractivity contribution in [1.82, 2.24) is 14.7 Å². The molecule has 1 aromatic heterocycles. The first-order valence-corrected chi connectivity index (χ1v) is 8.29. The van der Waals surface area contributed by atoms with Gasteiger partial charge in [-0.2, -0.15) is 5.10 Å². The molecule has 0 atom stereocenters. The Kier molecular flexibility index (Phi) is 4.54. The van der Waals surface area contributed by atoms with Gasteiger partial charge in [0, 0.05) is 39.0 Å². The van der Waals surface area contributed by atoms with Crippen LogP contribution in [-0.4, -0.2) is 46.8 Å². The smallest absolute Gasteiger partial charge is 0.170 e. The van der Waals surface area contributed by atoms with Gasteiger partial charge in [-0.25, -0.2) is 0 Å². The highest BCUT2D eigenvalue weighted by atomic mass is 35.5. The molecule has 2 aliphatic heterocycles. The van der Waals surface area contributed by atoms with Gasteiger partial charge in [0.2, 0.25) is 0 Å². The molecular formula is C15H24ClN3O2. The van der Waals surface area contributed by atoms with Crippen molar-refractivity contribution >= 4 is 11.6 Å². The van der Waals surface area contributed by atoms with Crippen LogP contribution < -0.4 is 0 Å². The number of aromatic nitrogens is 2. The highest BCUT2D eigenvalue weighted by Gasteiger charge is 2.39. The summed E-state index contributed by atoms with van der Waals surface area (Å²) in [6, 6.07) is 0. The summed E-state index contributed by atoms with van der Waals surface area (Å²) in [5.74, 6) is -0.306.